The second kappa shape index (κ2) is 9.07. The number of aromatic nitrogens is 2. The summed E-state index contributed by atoms with van der Waals surface area (Å²) >= 11 is 0. The summed E-state index contributed by atoms with van der Waals surface area (Å²) in [6, 6.07) is 8.07. The molecule has 3 aromatic rings. The van der Waals surface area contributed by atoms with Crippen molar-refractivity contribution in [3.05, 3.63) is 70.9 Å². The van der Waals surface area contributed by atoms with Crippen molar-refractivity contribution in [2.75, 3.05) is 11.9 Å². The van der Waals surface area contributed by atoms with Crippen molar-refractivity contribution < 1.29 is 18.4 Å². The fraction of sp³-hybridized carbons (Fsp3) is 0.261. The lowest BCUT2D eigenvalue weighted by Gasteiger charge is -2.12. The largest absolute Gasteiger partial charge is 0.352 e. The van der Waals surface area contributed by atoms with E-state index in [2.05, 4.69) is 15.7 Å². The Bertz CT molecular complexity index is 1140. The van der Waals surface area contributed by atoms with Crippen LogP contribution in [0.2, 0.25) is 0 Å². The van der Waals surface area contributed by atoms with Crippen LogP contribution in [0.3, 0.4) is 0 Å². The van der Waals surface area contributed by atoms with Gasteiger partial charge in [-0.1, -0.05) is 13.8 Å². The first kappa shape index (κ1) is 22.1. The van der Waals surface area contributed by atoms with E-state index >= 15 is 0 Å². The van der Waals surface area contributed by atoms with Crippen molar-refractivity contribution in [1.82, 2.24) is 15.1 Å². The van der Waals surface area contributed by atoms with Crippen molar-refractivity contribution in [2.24, 2.45) is 13.0 Å². The molecule has 6 nitrogen and oxygen atoms in total. The molecule has 0 unspecified atom stereocenters. The van der Waals surface area contributed by atoms with Gasteiger partial charge < -0.3 is 10.6 Å². The number of nitrogens with zero attached hydrogens (tertiary/aromatic N) is 2. The Labute approximate surface area is 179 Å². The second-order valence-corrected chi connectivity index (χ2v) is 7.78. The number of hydrogen-bond donors (Lipinski definition) is 2. The van der Waals surface area contributed by atoms with Gasteiger partial charge in [-0.15, -0.1) is 0 Å². The van der Waals surface area contributed by atoms with Crippen LogP contribution in [0.1, 0.15) is 40.1 Å². The Balaban J connectivity index is 1.83. The third kappa shape index (κ3) is 5.14. The standard InChI is InChI=1S/C23H24F2N4O2/c1-13(2)11-26-22(30)15-5-8-20(14(3)9-15)27-23(31)18-12-29(4)28-21(18)17-7-6-16(24)10-19(17)25/h5-10,12-13H,11H2,1-4H3,(H,26,30)(H,27,31). The van der Waals surface area contributed by atoms with Crippen molar-refractivity contribution in [3.8, 4) is 11.3 Å². The van der Waals surface area contributed by atoms with Gasteiger partial charge in [-0.3, -0.25) is 14.3 Å². The van der Waals surface area contributed by atoms with Gasteiger partial charge in [0.05, 0.1) is 5.56 Å². The highest BCUT2D eigenvalue weighted by atomic mass is 19.1. The van der Waals surface area contributed by atoms with Crippen LogP contribution in [-0.4, -0.2) is 28.1 Å². The Morgan fingerprint density at radius 3 is 2.48 bits per heavy atom. The van der Waals surface area contributed by atoms with Crippen molar-refractivity contribution in [1.29, 1.82) is 0 Å². The van der Waals surface area contributed by atoms with E-state index in [1.54, 1.807) is 32.2 Å². The zero-order valence-electron chi connectivity index (χ0n) is 17.8. The highest BCUT2D eigenvalue weighted by Crippen LogP contribution is 2.27. The highest BCUT2D eigenvalue weighted by Gasteiger charge is 2.21. The molecule has 2 amide bonds. The lowest BCUT2D eigenvalue weighted by atomic mass is 10.1. The van der Waals surface area contributed by atoms with Crippen LogP contribution in [-0.2, 0) is 7.05 Å². The summed E-state index contributed by atoms with van der Waals surface area (Å²) in [6.45, 7) is 6.36. The molecule has 1 heterocycles. The third-order valence-corrected chi connectivity index (χ3v) is 4.67. The highest BCUT2D eigenvalue weighted by molar-refractivity contribution is 6.08. The van der Waals surface area contributed by atoms with E-state index < -0.39 is 17.5 Å². The van der Waals surface area contributed by atoms with Gasteiger partial charge in [-0.05, 0) is 48.7 Å². The second-order valence-electron chi connectivity index (χ2n) is 7.78. The van der Waals surface area contributed by atoms with Crippen LogP contribution in [0.4, 0.5) is 14.5 Å². The van der Waals surface area contributed by atoms with E-state index in [9.17, 15) is 18.4 Å². The van der Waals surface area contributed by atoms with Gasteiger partial charge in [0.15, 0.2) is 0 Å². The molecule has 162 valence electrons. The molecule has 3 rings (SSSR count). The van der Waals surface area contributed by atoms with E-state index in [-0.39, 0.29) is 22.7 Å². The lowest BCUT2D eigenvalue weighted by Crippen LogP contribution is -2.27. The van der Waals surface area contributed by atoms with E-state index in [0.29, 0.717) is 29.3 Å². The van der Waals surface area contributed by atoms with Crippen LogP contribution in [0.25, 0.3) is 11.3 Å². The van der Waals surface area contributed by atoms with E-state index in [1.165, 1.54) is 16.9 Å². The van der Waals surface area contributed by atoms with Gasteiger partial charge >= 0.3 is 0 Å². The minimum absolute atomic E-state index is 0.0287. The number of rotatable bonds is 6. The summed E-state index contributed by atoms with van der Waals surface area (Å²) in [5.74, 6) is -1.86. The number of anilines is 1. The van der Waals surface area contributed by atoms with Gasteiger partial charge in [-0.25, -0.2) is 8.78 Å². The topological polar surface area (TPSA) is 76.0 Å². The summed E-state index contributed by atoms with van der Waals surface area (Å²) in [5, 5.41) is 9.80. The summed E-state index contributed by atoms with van der Waals surface area (Å²) in [4.78, 5) is 25.2. The fourth-order valence-electron chi connectivity index (χ4n) is 3.07. The average molecular weight is 426 g/mol. The molecule has 0 saturated heterocycles. The predicted molar refractivity (Wildman–Crippen MR) is 115 cm³/mol. The van der Waals surface area contributed by atoms with Gasteiger partial charge in [0, 0.05) is 42.7 Å². The normalized spacial score (nSPS) is 10.9. The van der Waals surface area contributed by atoms with Gasteiger partial charge in [0.1, 0.15) is 17.3 Å². The number of carbonyl (C=O) groups excluding carboxylic acids is 2. The van der Waals surface area contributed by atoms with Crippen molar-refractivity contribution in [2.45, 2.75) is 20.8 Å². The molecular weight excluding hydrogens is 402 g/mol. The molecule has 1 aromatic heterocycles. The van der Waals surface area contributed by atoms with Crippen molar-refractivity contribution >= 4 is 17.5 Å². The molecule has 0 aliphatic heterocycles. The molecule has 0 aliphatic carbocycles. The smallest absolute Gasteiger partial charge is 0.259 e. The number of nitrogens with one attached hydrogen (secondary N) is 2. The molecule has 0 saturated carbocycles. The van der Waals surface area contributed by atoms with Crippen LogP contribution >= 0.6 is 0 Å². The van der Waals surface area contributed by atoms with Crippen LogP contribution in [0.15, 0.2) is 42.6 Å². The van der Waals surface area contributed by atoms with Crippen LogP contribution < -0.4 is 10.6 Å². The first-order valence-electron chi connectivity index (χ1n) is 9.85. The minimum Gasteiger partial charge on any atom is -0.352 e. The first-order chi connectivity index (χ1) is 14.7. The Kier molecular flexibility index (Phi) is 6.48. The fourth-order valence-corrected chi connectivity index (χ4v) is 3.07. The molecule has 2 aromatic carbocycles. The van der Waals surface area contributed by atoms with Crippen LogP contribution in [0, 0.1) is 24.5 Å². The summed E-state index contributed by atoms with van der Waals surface area (Å²) in [7, 11) is 1.61. The zero-order chi connectivity index (χ0) is 22.7. The average Bonchev–Trinajstić information content (AvgIpc) is 3.09. The van der Waals surface area contributed by atoms with Gasteiger partial charge in [0.25, 0.3) is 11.8 Å². The Hall–Kier alpha value is -3.55. The first-order valence-corrected chi connectivity index (χ1v) is 9.85. The molecule has 31 heavy (non-hydrogen) atoms. The Morgan fingerprint density at radius 2 is 1.84 bits per heavy atom. The number of halogens is 2. The van der Waals surface area contributed by atoms with E-state index in [4.69, 9.17) is 0 Å². The summed E-state index contributed by atoms with van der Waals surface area (Å²) in [6.07, 6.45) is 1.47. The maximum atomic E-state index is 14.3. The molecular formula is C23H24F2N4O2. The van der Waals surface area contributed by atoms with E-state index in [1.807, 2.05) is 13.8 Å². The van der Waals surface area contributed by atoms with Gasteiger partial charge in [-0.2, -0.15) is 5.10 Å². The molecule has 0 aliphatic rings. The third-order valence-electron chi connectivity index (χ3n) is 4.67. The molecule has 0 fully saturated rings. The molecule has 2 N–H and O–H groups in total. The monoisotopic (exact) mass is 426 g/mol. The quantitative estimate of drug-likeness (QED) is 0.617. The number of aryl methyl sites for hydroxylation is 2. The number of amides is 2. The number of benzene rings is 2. The summed E-state index contributed by atoms with van der Waals surface area (Å²) in [5.41, 5.74) is 1.99. The SMILES string of the molecule is Cc1cc(C(=O)NCC(C)C)ccc1NC(=O)c1cn(C)nc1-c1ccc(F)cc1F. The lowest BCUT2D eigenvalue weighted by molar-refractivity contribution is 0.0948. The summed E-state index contributed by atoms with van der Waals surface area (Å²) < 4.78 is 28.9. The Morgan fingerprint density at radius 1 is 1.10 bits per heavy atom. The zero-order valence-corrected chi connectivity index (χ0v) is 17.8. The minimum atomic E-state index is -0.805. The van der Waals surface area contributed by atoms with Gasteiger partial charge in [0.2, 0.25) is 0 Å². The molecule has 0 radical (unpaired) electrons. The number of hydrogen-bond acceptors (Lipinski definition) is 3. The maximum Gasteiger partial charge on any atom is 0.259 e. The van der Waals surface area contributed by atoms with Crippen molar-refractivity contribution in [3.63, 3.8) is 0 Å². The molecule has 0 spiro atoms. The molecule has 0 bridgehead atoms. The van der Waals surface area contributed by atoms with Crippen LogP contribution in [0.5, 0.6) is 0 Å². The predicted octanol–water partition coefficient (Wildman–Crippen LogP) is 4.31. The molecule has 8 heteroatoms. The van der Waals surface area contributed by atoms with E-state index in [0.717, 1.165) is 12.1 Å². The number of carbonyl (C=O) groups is 2. The maximum absolute atomic E-state index is 14.3. The molecule has 0 atom stereocenters.